The molecule has 0 spiro atoms. The maximum absolute atomic E-state index is 12.2. The van der Waals surface area contributed by atoms with Gasteiger partial charge in [-0.1, -0.05) is 0 Å². The summed E-state index contributed by atoms with van der Waals surface area (Å²) in [6, 6.07) is 7.68. The van der Waals surface area contributed by atoms with Crippen LogP contribution in [0.3, 0.4) is 0 Å². The first-order valence-corrected chi connectivity index (χ1v) is 10.4. The fourth-order valence-electron chi connectivity index (χ4n) is 3.72. The van der Waals surface area contributed by atoms with Gasteiger partial charge in [-0.3, -0.25) is 4.79 Å². The quantitative estimate of drug-likeness (QED) is 0.548. The second kappa shape index (κ2) is 9.32. The minimum atomic E-state index is -4.69. The standard InChI is InChI=1S/C23H19F3N6O2/c1-2-34-18-11-19(22-17(12-27)14-29-32(22)15-18)16-3-4-20(28-13-16)30-7-9-31(10-8-30)21(33)5-6-23(24,25)26/h3-4,11,13-15H,2,7-10H2,1H3. The fourth-order valence-corrected chi connectivity index (χ4v) is 3.72. The number of hydrogen-bond acceptors (Lipinski definition) is 6. The molecule has 0 aromatic carbocycles. The van der Waals surface area contributed by atoms with Crippen LogP contribution in [-0.2, 0) is 4.79 Å². The van der Waals surface area contributed by atoms with Gasteiger partial charge >= 0.3 is 6.18 Å². The lowest BCUT2D eigenvalue weighted by Gasteiger charge is -2.34. The fraction of sp³-hybridized carbons (Fsp3) is 0.304. The number of alkyl halides is 3. The summed E-state index contributed by atoms with van der Waals surface area (Å²) in [5.74, 6) is 3.09. The highest BCUT2D eigenvalue weighted by atomic mass is 19.4. The lowest BCUT2D eigenvalue weighted by molar-refractivity contribution is -0.125. The number of piperazine rings is 1. The smallest absolute Gasteiger partial charge is 0.458 e. The Morgan fingerprint density at radius 2 is 1.97 bits per heavy atom. The van der Waals surface area contributed by atoms with Gasteiger partial charge in [0.25, 0.3) is 5.91 Å². The largest absolute Gasteiger partial charge is 0.492 e. The van der Waals surface area contributed by atoms with Crippen LogP contribution in [0.4, 0.5) is 19.0 Å². The number of carbonyl (C=O) groups excluding carboxylic acids is 1. The lowest BCUT2D eigenvalue weighted by atomic mass is 10.1. The first kappa shape index (κ1) is 22.9. The van der Waals surface area contributed by atoms with Gasteiger partial charge in [-0.05, 0) is 25.1 Å². The van der Waals surface area contributed by atoms with Crippen molar-refractivity contribution >= 4 is 17.2 Å². The van der Waals surface area contributed by atoms with Gasteiger partial charge in [0, 0.05) is 55.3 Å². The van der Waals surface area contributed by atoms with Gasteiger partial charge in [-0.15, -0.1) is 0 Å². The molecule has 1 saturated heterocycles. The SMILES string of the molecule is CCOc1cc(-c2ccc(N3CCN(C(=O)C#CC(F)(F)F)CC3)nc2)c2c(C#N)cnn2c1. The van der Waals surface area contributed by atoms with E-state index < -0.39 is 12.1 Å². The van der Waals surface area contributed by atoms with Gasteiger partial charge in [0.15, 0.2) is 0 Å². The summed E-state index contributed by atoms with van der Waals surface area (Å²) < 4.78 is 43.8. The summed E-state index contributed by atoms with van der Waals surface area (Å²) in [5.41, 5.74) is 2.59. The number of halogens is 3. The van der Waals surface area contributed by atoms with E-state index >= 15 is 0 Å². The summed E-state index contributed by atoms with van der Waals surface area (Å²) in [5, 5.41) is 13.7. The molecule has 1 fully saturated rings. The number of carbonyl (C=O) groups is 1. The van der Waals surface area contributed by atoms with Crippen LogP contribution in [0.1, 0.15) is 12.5 Å². The molecule has 0 radical (unpaired) electrons. The van der Waals surface area contributed by atoms with Gasteiger partial charge in [0.2, 0.25) is 0 Å². The van der Waals surface area contributed by atoms with E-state index in [4.69, 9.17) is 4.74 Å². The zero-order chi connectivity index (χ0) is 24.3. The van der Waals surface area contributed by atoms with Crippen LogP contribution in [0.5, 0.6) is 5.75 Å². The number of nitriles is 1. The first-order valence-electron chi connectivity index (χ1n) is 10.4. The van der Waals surface area contributed by atoms with Crippen LogP contribution in [0, 0.1) is 23.2 Å². The number of ether oxygens (including phenoxy) is 1. The Bertz CT molecular complexity index is 1310. The van der Waals surface area contributed by atoms with Crippen LogP contribution in [0.25, 0.3) is 16.6 Å². The third-order valence-corrected chi connectivity index (χ3v) is 5.28. The van der Waals surface area contributed by atoms with E-state index in [1.807, 2.05) is 30.0 Å². The van der Waals surface area contributed by atoms with Crippen LogP contribution in [0.15, 0.2) is 36.8 Å². The molecule has 1 aliphatic rings. The number of anilines is 1. The Kier molecular flexibility index (Phi) is 6.28. The first-order chi connectivity index (χ1) is 16.3. The molecular formula is C23H19F3N6O2. The van der Waals surface area contributed by atoms with Crippen molar-refractivity contribution in [1.82, 2.24) is 19.5 Å². The Morgan fingerprint density at radius 1 is 1.21 bits per heavy atom. The number of aromatic nitrogens is 3. The number of nitrogens with zero attached hydrogens (tertiary/aromatic N) is 6. The van der Waals surface area contributed by atoms with Crippen LogP contribution in [-0.4, -0.2) is 64.4 Å². The highest BCUT2D eigenvalue weighted by Gasteiger charge is 2.25. The molecule has 8 nitrogen and oxygen atoms in total. The molecule has 0 bridgehead atoms. The predicted octanol–water partition coefficient (Wildman–Crippen LogP) is 2.88. The predicted molar refractivity (Wildman–Crippen MR) is 117 cm³/mol. The second-order valence-electron chi connectivity index (χ2n) is 7.42. The van der Waals surface area contributed by atoms with Crippen molar-refractivity contribution in [2.45, 2.75) is 13.1 Å². The van der Waals surface area contributed by atoms with Crippen LogP contribution in [0.2, 0.25) is 0 Å². The third kappa shape index (κ3) is 4.89. The molecule has 1 amide bonds. The van der Waals surface area contributed by atoms with E-state index in [2.05, 4.69) is 16.2 Å². The van der Waals surface area contributed by atoms with E-state index in [1.165, 1.54) is 11.1 Å². The van der Waals surface area contributed by atoms with Crippen LogP contribution < -0.4 is 9.64 Å². The Morgan fingerprint density at radius 3 is 2.59 bits per heavy atom. The Hall–Kier alpha value is -4.25. The average molecular weight is 468 g/mol. The monoisotopic (exact) mass is 468 g/mol. The Balaban J connectivity index is 1.52. The topological polar surface area (TPSA) is 86.8 Å². The molecule has 0 atom stereocenters. The molecule has 0 saturated carbocycles. The van der Waals surface area contributed by atoms with Gasteiger partial charge < -0.3 is 14.5 Å². The van der Waals surface area contributed by atoms with E-state index in [0.29, 0.717) is 42.3 Å². The number of hydrogen-bond donors (Lipinski definition) is 0. The van der Waals surface area contributed by atoms with E-state index in [1.54, 1.807) is 22.8 Å². The van der Waals surface area contributed by atoms with E-state index in [-0.39, 0.29) is 13.1 Å². The minimum absolute atomic E-state index is 0.243. The van der Waals surface area contributed by atoms with Crippen molar-refractivity contribution in [2.24, 2.45) is 0 Å². The maximum atomic E-state index is 12.2. The summed E-state index contributed by atoms with van der Waals surface area (Å²) in [6.07, 6.45) is 0.198. The number of pyridine rings is 2. The molecular weight excluding hydrogens is 449 g/mol. The third-order valence-electron chi connectivity index (χ3n) is 5.28. The van der Waals surface area contributed by atoms with Gasteiger partial charge in [-0.2, -0.15) is 23.5 Å². The van der Waals surface area contributed by atoms with Crippen molar-refractivity contribution in [1.29, 1.82) is 5.26 Å². The number of fused-ring (bicyclic) bond motifs is 1. The molecule has 3 aromatic rings. The molecule has 3 aromatic heterocycles. The highest BCUT2D eigenvalue weighted by molar-refractivity contribution is 5.93. The molecule has 0 N–H and O–H groups in total. The number of rotatable bonds is 4. The van der Waals surface area contributed by atoms with Crippen molar-refractivity contribution in [3.05, 3.63) is 42.4 Å². The van der Waals surface area contributed by atoms with Crippen LogP contribution >= 0.6 is 0 Å². The van der Waals surface area contributed by atoms with E-state index in [9.17, 15) is 23.2 Å². The molecule has 1 aliphatic heterocycles. The van der Waals surface area contributed by atoms with Crippen molar-refractivity contribution < 1.29 is 22.7 Å². The van der Waals surface area contributed by atoms with Crippen molar-refractivity contribution in [2.75, 3.05) is 37.7 Å². The molecule has 0 unspecified atom stereocenters. The summed E-state index contributed by atoms with van der Waals surface area (Å²) in [6.45, 7) is 3.67. The summed E-state index contributed by atoms with van der Waals surface area (Å²) >= 11 is 0. The normalized spacial score (nSPS) is 13.9. The molecule has 4 heterocycles. The molecule has 34 heavy (non-hydrogen) atoms. The summed E-state index contributed by atoms with van der Waals surface area (Å²) in [4.78, 5) is 19.6. The molecule has 174 valence electrons. The second-order valence-corrected chi connectivity index (χ2v) is 7.42. The van der Waals surface area contributed by atoms with Gasteiger partial charge in [0.1, 0.15) is 17.6 Å². The zero-order valence-corrected chi connectivity index (χ0v) is 18.1. The van der Waals surface area contributed by atoms with Crippen molar-refractivity contribution in [3.8, 4) is 34.8 Å². The molecule has 0 aliphatic carbocycles. The molecule has 11 heteroatoms. The zero-order valence-electron chi connectivity index (χ0n) is 18.1. The molecule has 4 rings (SSSR count). The maximum Gasteiger partial charge on any atom is 0.458 e. The average Bonchev–Trinajstić information content (AvgIpc) is 3.25. The van der Waals surface area contributed by atoms with E-state index in [0.717, 1.165) is 17.0 Å². The Labute approximate surface area is 193 Å². The number of amides is 1. The van der Waals surface area contributed by atoms with Gasteiger partial charge in [0.05, 0.1) is 30.1 Å². The summed E-state index contributed by atoms with van der Waals surface area (Å²) in [7, 11) is 0. The van der Waals surface area contributed by atoms with Crippen molar-refractivity contribution in [3.63, 3.8) is 0 Å². The highest BCUT2D eigenvalue weighted by Crippen LogP contribution is 2.31. The van der Waals surface area contributed by atoms with Gasteiger partial charge in [-0.25, -0.2) is 9.50 Å². The minimum Gasteiger partial charge on any atom is -0.492 e. The lowest BCUT2D eigenvalue weighted by Crippen LogP contribution is -2.48.